The second-order valence-electron chi connectivity index (χ2n) is 7.49. The van der Waals surface area contributed by atoms with E-state index in [1.54, 1.807) is 4.90 Å². The molecule has 1 aromatic rings. The lowest BCUT2D eigenvalue weighted by molar-refractivity contribution is -0.141. The first-order valence-corrected chi connectivity index (χ1v) is 9.58. The van der Waals surface area contributed by atoms with Crippen molar-refractivity contribution in [2.24, 2.45) is 5.92 Å². The average Bonchev–Trinajstić information content (AvgIpc) is 2.98. The van der Waals surface area contributed by atoms with Crippen molar-refractivity contribution < 1.29 is 14.7 Å². The SMILES string of the molecule is CCC(C)C1C(=O)Nc2ccccc2CN1C(=O)CCN1CCC(O)C1. The topological polar surface area (TPSA) is 72.9 Å². The second-order valence-corrected chi connectivity index (χ2v) is 7.49. The van der Waals surface area contributed by atoms with Gasteiger partial charge in [0.1, 0.15) is 6.04 Å². The van der Waals surface area contributed by atoms with E-state index >= 15 is 0 Å². The molecule has 26 heavy (non-hydrogen) atoms. The number of aliphatic hydroxyl groups excluding tert-OH is 1. The molecule has 2 aliphatic rings. The van der Waals surface area contributed by atoms with E-state index in [9.17, 15) is 14.7 Å². The Bertz CT molecular complexity index is 663. The number of rotatable bonds is 5. The van der Waals surface area contributed by atoms with Crippen LogP contribution in [0.3, 0.4) is 0 Å². The summed E-state index contributed by atoms with van der Waals surface area (Å²) < 4.78 is 0. The number of benzene rings is 1. The number of likely N-dealkylation sites (tertiary alicyclic amines) is 1. The minimum absolute atomic E-state index is 0.00328. The van der Waals surface area contributed by atoms with Gasteiger partial charge in [-0.3, -0.25) is 9.59 Å². The van der Waals surface area contributed by atoms with Crippen molar-refractivity contribution in [3.8, 4) is 0 Å². The number of aliphatic hydroxyl groups is 1. The van der Waals surface area contributed by atoms with E-state index in [2.05, 4.69) is 10.2 Å². The standard InChI is InChI=1S/C20H29N3O3/c1-3-14(2)19-20(26)21-17-7-5-4-6-15(17)12-23(19)18(25)9-11-22-10-8-16(24)13-22/h4-7,14,16,19,24H,3,8-13H2,1-2H3,(H,21,26). The highest BCUT2D eigenvalue weighted by Crippen LogP contribution is 2.27. The van der Waals surface area contributed by atoms with Crippen LogP contribution in [0.1, 0.15) is 38.7 Å². The van der Waals surface area contributed by atoms with E-state index in [0.717, 1.165) is 30.6 Å². The number of para-hydroxylation sites is 1. The van der Waals surface area contributed by atoms with Gasteiger partial charge in [0.2, 0.25) is 11.8 Å². The molecule has 2 amide bonds. The molecule has 6 nitrogen and oxygen atoms in total. The fourth-order valence-electron chi connectivity index (χ4n) is 3.86. The molecular weight excluding hydrogens is 330 g/mol. The molecule has 6 heteroatoms. The Kier molecular flexibility index (Phi) is 5.94. The molecule has 1 fully saturated rings. The first-order chi connectivity index (χ1) is 12.5. The Morgan fingerprint density at radius 1 is 1.38 bits per heavy atom. The lowest BCUT2D eigenvalue weighted by Gasteiger charge is -2.33. The summed E-state index contributed by atoms with van der Waals surface area (Å²) in [6.45, 7) is 6.60. The number of carbonyl (C=O) groups is 2. The molecule has 3 rings (SSSR count). The lowest BCUT2D eigenvalue weighted by atomic mass is 9.96. The summed E-state index contributed by atoms with van der Waals surface area (Å²) in [6.07, 6.45) is 1.68. The summed E-state index contributed by atoms with van der Waals surface area (Å²) in [5.41, 5.74) is 1.76. The van der Waals surface area contributed by atoms with Crippen LogP contribution in [0.4, 0.5) is 5.69 Å². The summed E-state index contributed by atoms with van der Waals surface area (Å²) in [5, 5.41) is 12.7. The van der Waals surface area contributed by atoms with Crippen LogP contribution in [0.25, 0.3) is 0 Å². The van der Waals surface area contributed by atoms with Crippen LogP contribution in [-0.4, -0.2) is 58.5 Å². The third-order valence-electron chi connectivity index (χ3n) is 5.61. The van der Waals surface area contributed by atoms with E-state index in [-0.39, 0.29) is 23.8 Å². The molecule has 0 aromatic heterocycles. The normalized spacial score (nSPS) is 24.7. The molecule has 2 aliphatic heterocycles. The third-order valence-corrected chi connectivity index (χ3v) is 5.61. The Labute approximate surface area is 155 Å². The quantitative estimate of drug-likeness (QED) is 0.841. The Hall–Kier alpha value is -1.92. The van der Waals surface area contributed by atoms with Gasteiger partial charge in [-0.2, -0.15) is 0 Å². The maximum Gasteiger partial charge on any atom is 0.247 e. The molecule has 2 N–H and O–H groups in total. The number of nitrogens with one attached hydrogen (secondary N) is 1. The van der Waals surface area contributed by atoms with E-state index < -0.39 is 6.04 Å². The summed E-state index contributed by atoms with van der Waals surface area (Å²) in [5.74, 6) is -0.0142. The van der Waals surface area contributed by atoms with Gasteiger partial charge in [0.25, 0.3) is 0 Å². The fourth-order valence-corrected chi connectivity index (χ4v) is 3.86. The highest BCUT2D eigenvalue weighted by molar-refractivity contribution is 5.99. The van der Waals surface area contributed by atoms with Crippen molar-refractivity contribution >= 4 is 17.5 Å². The zero-order chi connectivity index (χ0) is 18.7. The van der Waals surface area contributed by atoms with Crippen LogP contribution in [-0.2, 0) is 16.1 Å². The number of β-amino-alcohol motifs (C(OH)–C–C–N with tert-alkyl or cyclic N) is 1. The van der Waals surface area contributed by atoms with Crippen LogP contribution >= 0.6 is 0 Å². The van der Waals surface area contributed by atoms with Crippen molar-refractivity contribution in [3.05, 3.63) is 29.8 Å². The molecule has 0 spiro atoms. The minimum Gasteiger partial charge on any atom is -0.392 e. The Morgan fingerprint density at radius 2 is 2.15 bits per heavy atom. The van der Waals surface area contributed by atoms with Crippen LogP contribution in [0, 0.1) is 5.92 Å². The first-order valence-electron chi connectivity index (χ1n) is 9.58. The predicted molar refractivity (Wildman–Crippen MR) is 101 cm³/mol. The average molecular weight is 359 g/mol. The summed E-state index contributed by atoms with van der Waals surface area (Å²) in [4.78, 5) is 29.7. The zero-order valence-corrected chi connectivity index (χ0v) is 15.6. The van der Waals surface area contributed by atoms with Crippen molar-refractivity contribution in [3.63, 3.8) is 0 Å². The molecule has 1 saturated heterocycles. The third kappa shape index (κ3) is 4.07. The van der Waals surface area contributed by atoms with Gasteiger partial charge in [0.05, 0.1) is 6.10 Å². The van der Waals surface area contributed by atoms with Gasteiger partial charge in [-0.25, -0.2) is 0 Å². The largest absolute Gasteiger partial charge is 0.392 e. The Balaban J connectivity index is 1.77. The van der Waals surface area contributed by atoms with Crippen LogP contribution in [0.5, 0.6) is 0 Å². The fraction of sp³-hybridized carbons (Fsp3) is 0.600. The molecule has 3 atom stereocenters. The van der Waals surface area contributed by atoms with Gasteiger partial charge in [0.15, 0.2) is 0 Å². The van der Waals surface area contributed by atoms with Gasteiger partial charge in [-0.15, -0.1) is 0 Å². The molecule has 0 aliphatic carbocycles. The first kappa shape index (κ1) is 18.9. The summed E-state index contributed by atoms with van der Waals surface area (Å²) in [6, 6.07) is 7.23. The monoisotopic (exact) mass is 359 g/mol. The molecular formula is C20H29N3O3. The predicted octanol–water partition coefficient (Wildman–Crippen LogP) is 1.84. The van der Waals surface area contributed by atoms with E-state index in [1.165, 1.54) is 0 Å². The second kappa shape index (κ2) is 8.18. The van der Waals surface area contributed by atoms with Crippen molar-refractivity contribution in [1.29, 1.82) is 0 Å². The number of carbonyl (C=O) groups excluding carboxylic acids is 2. The smallest absolute Gasteiger partial charge is 0.247 e. The minimum atomic E-state index is -0.455. The number of amides is 2. The molecule has 3 unspecified atom stereocenters. The zero-order valence-electron chi connectivity index (χ0n) is 15.6. The Morgan fingerprint density at radius 3 is 2.85 bits per heavy atom. The van der Waals surface area contributed by atoms with Crippen LogP contribution in [0.15, 0.2) is 24.3 Å². The molecule has 1 aromatic carbocycles. The van der Waals surface area contributed by atoms with Crippen LogP contribution < -0.4 is 5.32 Å². The molecule has 0 bridgehead atoms. The van der Waals surface area contributed by atoms with Crippen molar-refractivity contribution in [2.75, 3.05) is 25.0 Å². The van der Waals surface area contributed by atoms with Gasteiger partial charge in [-0.1, -0.05) is 38.5 Å². The van der Waals surface area contributed by atoms with Crippen molar-refractivity contribution in [1.82, 2.24) is 9.80 Å². The molecule has 2 heterocycles. The van der Waals surface area contributed by atoms with Gasteiger partial charge < -0.3 is 20.2 Å². The number of fused-ring (bicyclic) bond motifs is 1. The van der Waals surface area contributed by atoms with Crippen LogP contribution in [0.2, 0.25) is 0 Å². The van der Waals surface area contributed by atoms with Gasteiger partial charge in [0, 0.05) is 38.3 Å². The number of anilines is 1. The number of hydrogen-bond donors (Lipinski definition) is 2. The van der Waals surface area contributed by atoms with E-state index in [0.29, 0.717) is 26.1 Å². The maximum absolute atomic E-state index is 13.0. The maximum atomic E-state index is 13.0. The molecule has 142 valence electrons. The summed E-state index contributed by atoms with van der Waals surface area (Å²) >= 11 is 0. The van der Waals surface area contributed by atoms with Crippen molar-refractivity contribution in [2.45, 2.75) is 51.8 Å². The highest BCUT2D eigenvalue weighted by atomic mass is 16.3. The van der Waals surface area contributed by atoms with E-state index in [1.807, 2.05) is 38.1 Å². The molecule has 0 radical (unpaired) electrons. The lowest BCUT2D eigenvalue weighted by Crippen LogP contribution is -2.49. The summed E-state index contributed by atoms with van der Waals surface area (Å²) in [7, 11) is 0. The van der Waals surface area contributed by atoms with Gasteiger partial charge in [-0.05, 0) is 24.0 Å². The van der Waals surface area contributed by atoms with Gasteiger partial charge >= 0.3 is 0 Å². The number of hydrogen-bond acceptors (Lipinski definition) is 4. The molecule has 0 saturated carbocycles. The number of nitrogens with zero attached hydrogens (tertiary/aromatic N) is 2. The highest BCUT2D eigenvalue weighted by Gasteiger charge is 2.36. The van der Waals surface area contributed by atoms with E-state index in [4.69, 9.17) is 0 Å².